The number of carbonyl (C=O) groups is 2. The molecule has 0 bridgehead atoms. The van der Waals surface area contributed by atoms with E-state index in [4.69, 9.17) is 5.11 Å². The smallest absolute Gasteiger partial charge is 0.315 e. The quantitative estimate of drug-likeness (QED) is 0.639. The molecule has 2 unspecified atom stereocenters. The summed E-state index contributed by atoms with van der Waals surface area (Å²) < 4.78 is 0. The Morgan fingerprint density at radius 2 is 2.06 bits per heavy atom. The summed E-state index contributed by atoms with van der Waals surface area (Å²) in [5, 5.41) is 14.4. The molecule has 0 heterocycles. The van der Waals surface area contributed by atoms with Crippen LogP contribution in [0.3, 0.4) is 0 Å². The maximum absolute atomic E-state index is 11.5. The third-order valence-electron chi connectivity index (χ3n) is 2.99. The van der Waals surface area contributed by atoms with Gasteiger partial charge in [-0.2, -0.15) is 0 Å². The average molecular weight is 243 g/mol. The van der Waals surface area contributed by atoms with Crippen LogP contribution in [0.5, 0.6) is 0 Å². The highest BCUT2D eigenvalue weighted by molar-refractivity contribution is 5.77. The van der Waals surface area contributed by atoms with E-state index in [0.717, 1.165) is 19.4 Å². The number of nitrogens with zero attached hydrogens (tertiary/aromatic N) is 1. The monoisotopic (exact) mass is 243 g/mol. The molecule has 1 saturated carbocycles. The van der Waals surface area contributed by atoms with Gasteiger partial charge in [-0.3, -0.25) is 4.79 Å². The lowest BCUT2D eigenvalue weighted by molar-refractivity contribution is -0.142. The molecule has 0 aliphatic heterocycles. The zero-order valence-electron chi connectivity index (χ0n) is 10.4. The van der Waals surface area contributed by atoms with Crippen LogP contribution >= 0.6 is 0 Å². The van der Waals surface area contributed by atoms with Crippen molar-refractivity contribution in [1.82, 2.24) is 15.5 Å². The van der Waals surface area contributed by atoms with Gasteiger partial charge in [-0.15, -0.1) is 0 Å². The van der Waals surface area contributed by atoms with Gasteiger partial charge in [0.05, 0.1) is 5.92 Å². The number of likely N-dealkylation sites (N-methyl/N-ethyl adjacent to an activating group) is 1. The number of carboxylic acids is 1. The fraction of sp³-hybridized carbons (Fsp3) is 0.818. The topological polar surface area (TPSA) is 81.7 Å². The van der Waals surface area contributed by atoms with Gasteiger partial charge in [0.2, 0.25) is 0 Å². The fourth-order valence-corrected chi connectivity index (χ4v) is 2.04. The van der Waals surface area contributed by atoms with Gasteiger partial charge in [-0.1, -0.05) is 6.42 Å². The second-order valence-corrected chi connectivity index (χ2v) is 4.69. The van der Waals surface area contributed by atoms with Crippen LogP contribution in [-0.4, -0.2) is 55.2 Å². The van der Waals surface area contributed by atoms with Crippen molar-refractivity contribution in [1.29, 1.82) is 0 Å². The molecule has 1 aliphatic carbocycles. The number of aliphatic carboxylic acids is 1. The molecule has 1 aliphatic rings. The SMILES string of the molecule is CN(C)CCNC(=O)NC1CCCC1C(=O)O. The van der Waals surface area contributed by atoms with E-state index in [-0.39, 0.29) is 12.1 Å². The van der Waals surface area contributed by atoms with Gasteiger partial charge in [-0.05, 0) is 26.9 Å². The Bertz CT molecular complexity index is 281. The summed E-state index contributed by atoms with van der Waals surface area (Å²) in [6.07, 6.45) is 2.26. The lowest BCUT2D eigenvalue weighted by Crippen LogP contribution is -2.46. The van der Waals surface area contributed by atoms with Crippen LogP contribution in [0.2, 0.25) is 0 Å². The molecule has 17 heavy (non-hydrogen) atoms. The van der Waals surface area contributed by atoms with Gasteiger partial charge in [0.25, 0.3) is 0 Å². The number of rotatable bonds is 5. The lowest BCUT2D eigenvalue weighted by atomic mass is 10.0. The van der Waals surface area contributed by atoms with Gasteiger partial charge < -0.3 is 20.6 Å². The number of nitrogens with one attached hydrogen (secondary N) is 2. The van der Waals surface area contributed by atoms with Crippen molar-refractivity contribution in [2.45, 2.75) is 25.3 Å². The summed E-state index contributed by atoms with van der Waals surface area (Å²) in [5.74, 6) is -1.25. The highest BCUT2D eigenvalue weighted by Gasteiger charge is 2.33. The van der Waals surface area contributed by atoms with Crippen molar-refractivity contribution >= 4 is 12.0 Å². The van der Waals surface area contributed by atoms with E-state index in [1.165, 1.54) is 0 Å². The Morgan fingerprint density at radius 3 is 2.65 bits per heavy atom. The minimum atomic E-state index is -0.818. The Hall–Kier alpha value is -1.30. The zero-order chi connectivity index (χ0) is 12.8. The van der Waals surface area contributed by atoms with E-state index in [0.29, 0.717) is 13.0 Å². The number of carbonyl (C=O) groups excluding carboxylic acids is 1. The summed E-state index contributed by atoms with van der Waals surface area (Å²) in [5.41, 5.74) is 0. The van der Waals surface area contributed by atoms with E-state index in [2.05, 4.69) is 10.6 Å². The zero-order valence-corrected chi connectivity index (χ0v) is 10.4. The molecule has 6 heteroatoms. The maximum atomic E-state index is 11.5. The molecule has 98 valence electrons. The highest BCUT2D eigenvalue weighted by Crippen LogP contribution is 2.25. The van der Waals surface area contributed by atoms with Crippen molar-refractivity contribution in [3.63, 3.8) is 0 Å². The molecule has 0 radical (unpaired) electrons. The molecule has 2 amide bonds. The Kier molecular flexibility index (Phi) is 5.21. The summed E-state index contributed by atoms with van der Waals surface area (Å²) in [7, 11) is 3.86. The van der Waals surface area contributed by atoms with Crippen LogP contribution in [0.4, 0.5) is 4.79 Å². The number of hydrogen-bond acceptors (Lipinski definition) is 3. The van der Waals surface area contributed by atoms with Crippen molar-refractivity contribution in [3.05, 3.63) is 0 Å². The van der Waals surface area contributed by atoms with Crippen LogP contribution in [0.25, 0.3) is 0 Å². The van der Waals surface area contributed by atoms with Gasteiger partial charge in [0, 0.05) is 19.1 Å². The van der Waals surface area contributed by atoms with Crippen LogP contribution in [-0.2, 0) is 4.79 Å². The molecule has 3 N–H and O–H groups in total. The first-order valence-corrected chi connectivity index (χ1v) is 5.92. The molecule has 2 atom stereocenters. The van der Waals surface area contributed by atoms with Gasteiger partial charge >= 0.3 is 12.0 Å². The molecule has 0 aromatic carbocycles. The predicted octanol–water partition coefficient (Wildman–Crippen LogP) is 0.101. The molecule has 0 aromatic heterocycles. The molecule has 1 fully saturated rings. The molecule has 0 saturated heterocycles. The second kappa shape index (κ2) is 6.44. The molecule has 6 nitrogen and oxygen atoms in total. The van der Waals surface area contributed by atoms with E-state index in [1.54, 1.807) is 0 Å². The highest BCUT2D eigenvalue weighted by atomic mass is 16.4. The number of hydrogen-bond donors (Lipinski definition) is 3. The van der Waals surface area contributed by atoms with Gasteiger partial charge in [0.15, 0.2) is 0 Å². The van der Waals surface area contributed by atoms with Gasteiger partial charge in [0.1, 0.15) is 0 Å². The second-order valence-electron chi connectivity index (χ2n) is 4.69. The van der Waals surface area contributed by atoms with E-state index in [9.17, 15) is 9.59 Å². The minimum Gasteiger partial charge on any atom is -0.481 e. The molecule has 0 aromatic rings. The van der Waals surface area contributed by atoms with Crippen LogP contribution < -0.4 is 10.6 Å². The molecular weight excluding hydrogens is 222 g/mol. The maximum Gasteiger partial charge on any atom is 0.315 e. The first kappa shape index (κ1) is 13.8. The average Bonchev–Trinajstić information content (AvgIpc) is 2.65. The van der Waals surface area contributed by atoms with Crippen LogP contribution in [0.1, 0.15) is 19.3 Å². The van der Waals surface area contributed by atoms with E-state index in [1.807, 2.05) is 19.0 Å². The van der Waals surface area contributed by atoms with Crippen molar-refractivity contribution < 1.29 is 14.7 Å². The fourth-order valence-electron chi connectivity index (χ4n) is 2.04. The molecule has 0 spiro atoms. The molecule has 1 rings (SSSR count). The third-order valence-corrected chi connectivity index (χ3v) is 2.99. The number of amides is 2. The normalized spacial score (nSPS) is 23.7. The summed E-state index contributed by atoms with van der Waals surface area (Å²) >= 11 is 0. The number of carboxylic acid groups (broad SMARTS) is 1. The number of urea groups is 1. The minimum absolute atomic E-state index is 0.230. The Labute approximate surface area is 101 Å². The summed E-state index contributed by atoms with van der Waals surface area (Å²) in [4.78, 5) is 24.4. The largest absolute Gasteiger partial charge is 0.481 e. The first-order valence-electron chi connectivity index (χ1n) is 5.92. The van der Waals surface area contributed by atoms with Crippen LogP contribution in [0, 0.1) is 5.92 Å². The van der Waals surface area contributed by atoms with Crippen molar-refractivity contribution in [3.8, 4) is 0 Å². The standard InChI is InChI=1S/C11H21N3O3/c1-14(2)7-6-12-11(17)13-9-5-3-4-8(9)10(15)16/h8-9H,3-7H2,1-2H3,(H,15,16)(H2,12,13,17). The predicted molar refractivity (Wildman–Crippen MR) is 63.9 cm³/mol. The summed E-state index contributed by atoms with van der Waals surface area (Å²) in [6.45, 7) is 1.32. The van der Waals surface area contributed by atoms with Crippen LogP contribution in [0.15, 0.2) is 0 Å². The Morgan fingerprint density at radius 1 is 1.35 bits per heavy atom. The molecular formula is C11H21N3O3. The third kappa shape index (κ3) is 4.60. The van der Waals surface area contributed by atoms with Crippen molar-refractivity contribution in [2.24, 2.45) is 5.92 Å². The summed E-state index contributed by atoms with van der Waals surface area (Å²) in [6, 6.07) is -0.503. The first-order chi connectivity index (χ1) is 8.00. The Balaban J connectivity index is 2.28. The van der Waals surface area contributed by atoms with Crippen molar-refractivity contribution in [2.75, 3.05) is 27.2 Å². The van der Waals surface area contributed by atoms with E-state index >= 15 is 0 Å². The lowest BCUT2D eigenvalue weighted by Gasteiger charge is -2.18. The van der Waals surface area contributed by atoms with Gasteiger partial charge in [-0.25, -0.2) is 4.79 Å². The van der Waals surface area contributed by atoms with E-state index < -0.39 is 11.9 Å².